The van der Waals surface area contributed by atoms with Gasteiger partial charge in [0.05, 0.1) is 0 Å². The zero-order chi connectivity index (χ0) is 10.6. The molecule has 1 aliphatic carbocycles. The average molecular weight is 197 g/mol. The highest BCUT2D eigenvalue weighted by molar-refractivity contribution is 4.79. The van der Waals surface area contributed by atoms with E-state index in [1.807, 2.05) is 0 Å². The third kappa shape index (κ3) is 3.61. The minimum absolute atomic E-state index is 0.633. The van der Waals surface area contributed by atoms with Gasteiger partial charge in [-0.3, -0.25) is 0 Å². The number of hydrogen-bond acceptors (Lipinski definition) is 1. The summed E-state index contributed by atoms with van der Waals surface area (Å²) < 4.78 is 0. The molecule has 1 saturated carbocycles. The standard InChI is InChI=1S/C13H27N/c1-5-12-6-8-13(9-7-12)11(4)14-10(2)3/h10-14H,5-9H2,1-4H3/t11-,12-,13+/m1/s1. The lowest BCUT2D eigenvalue weighted by Crippen LogP contribution is -2.39. The quantitative estimate of drug-likeness (QED) is 0.726. The smallest absolute Gasteiger partial charge is 0.00693 e. The maximum absolute atomic E-state index is 3.65. The molecule has 1 N–H and O–H groups in total. The summed E-state index contributed by atoms with van der Waals surface area (Å²) in [4.78, 5) is 0. The fourth-order valence-electron chi connectivity index (χ4n) is 2.76. The highest BCUT2D eigenvalue weighted by Crippen LogP contribution is 2.32. The molecule has 0 amide bonds. The Morgan fingerprint density at radius 3 is 2.07 bits per heavy atom. The molecule has 0 heterocycles. The van der Waals surface area contributed by atoms with E-state index in [0.29, 0.717) is 12.1 Å². The van der Waals surface area contributed by atoms with Gasteiger partial charge in [-0.2, -0.15) is 0 Å². The molecular formula is C13H27N. The molecule has 1 aliphatic rings. The second kappa shape index (κ2) is 5.75. The molecule has 0 aromatic rings. The number of nitrogens with one attached hydrogen (secondary N) is 1. The Kier molecular flexibility index (Phi) is 4.94. The maximum Gasteiger partial charge on any atom is 0.00693 e. The van der Waals surface area contributed by atoms with Crippen molar-refractivity contribution >= 4 is 0 Å². The van der Waals surface area contributed by atoms with E-state index >= 15 is 0 Å². The summed E-state index contributed by atoms with van der Waals surface area (Å²) >= 11 is 0. The van der Waals surface area contributed by atoms with Gasteiger partial charge in [-0.05, 0) is 31.6 Å². The third-order valence-corrected chi connectivity index (χ3v) is 3.77. The van der Waals surface area contributed by atoms with Crippen molar-refractivity contribution in [3.63, 3.8) is 0 Å². The van der Waals surface area contributed by atoms with Crippen LogP contribution in [0.15, 0.2) is 0 Å². The molecule has 14 heavy (non-hydrogen) atoms. The van der Waals surface area contributed by atoms with Crippen LogP contribution in [0.2, 0.25) is 0 Å². The Bertz CT molecular complexity index is 145. The van der Waals surface area contributed by atoms with E-state index in [2.05, 4.69) is 33.0 Å². The number of rotatable bonds is 4. The Hall–Kier alpha value is -0.0400. The minimum Gasteiger partial charge on any atom is -0.312 e. The first-order chi connectivity index (χ1) is 6.63. The lowest BCUT2D eigenvalue weighted by molar-refractivity contribution is 0.220. The molecular weight excluding hydrogens is 170 g/mol. The van der Waals surface area contributed by atoms with E-state index in [1.54, 1.807) is 0 Å². The molecule has 1 heteroatoms. The average Bonchev–Trinajstić information content (AvgIpc) is 2.17. The van der Waals surface area contributed by atoms with E-state index in [0.717, 1.165) is 11.8 Å². The lowest BCUT2D eigenvalue weighted by atomic mass is 9.78. The molecule has 0 aromatic carbocycles. The fraction of sp³-hybridized carbons (Fsp3) is 1.00. The van der Waals surface area contributed by atoms with Gasteiger partial charge in [-0.15, -0.1) is 0 Å². The lowest BCUT2D eigenvalue weighted by Gasteiger charge is -2.33. The predicted octanol–water partition coefficient (Wildman–Crippen LogP) is 3.59. The molecule has 0 aromatic heterocycles. The van der Waals surface area contributed by atoms with E-state index < -0.39 is 0 Å². The van der Waals surface area contributed by atoms with Crippen molar-refractivity contribution in [3.05, 3.63) is 0 Å². The monoisotopic (exact) mass is 197 g/mol. The first kappa shape index (κ1) is 12.0. The van der Waals surface area contributed by atoms with E-state index in [4.69, 9.17) is 0 Å². The van der Waals surface area contributed by atoms with E-state index in [1.165, 1.54) is 32.1 Å². The summed E-state index contributed by atoms with van der Waals surface area (Å²) in [6, 6.07) is 1.35. The SMILES string of the molecule is CC[C@H]1CC[C@@H]([C@@H](C)NC(C)C)CC1. The van der Waals surface area contributed by atoms with Gasteiger partial charge >= 0.3 is 0 Å². The van der Waals surface area contributed by atoms with Crippen LogP contribution >= 0.6 is 0 Å². The molecule has 1 nitrogen and oxygen atoms in total. The Balaban J connectivity index is 2.26. The highest BCUT2D eigenvalue weighted by atomic mass is 14.9. The minimum atomic E-state index is 0.633. The predicted molar refractivity (Wildman–Crippen MR) is 63.5 cm³/mol. The van der Waals surface area contributed by atoms with Gasteiger partial charge in [-0.25, -0.2) is 0 Å². The van der Waals surface area contributed by atoms with Crippen LogP contribution in [0.3, 0.4) is 0 Å². The largest absolute Gasteiger partial charge is 0.312 e. The second-order valence-corrected chi connectivity index (χ2v) is 5.30. The molecule has 0 bridgehead atoms. The Morgan fingerprint density at radius 1 is 1.07 bits per heavy atom. The van der Waals surface area contributed by atoms with Gasteiger partial charge in [0.2, 0.25) is 0 Å². The van der Waals surface area contributed by atoms with Gasteiger partial charge < -0.3 is 5.32 Å². The summed E-state index contributed by atoms with van der Waals surface area (Å²) in [5.41, 5.74) is 0. The summed E-state index contributed by atoms with van der Waals surface area (Å²) in [6.45, 7) is 9.18. The van der Waals surface area contributed by atoms with Crippen LogP contribution in [0.5, 0.6) is 0 Å². The fourth-order valence-corrected chi connectivity index (χ4v) is 2.76. The van der Waals surface area contributed by atoms with Crippen LogP contribution in [0, 0.1) is 11.8 Å². The molecule has 1 fully saturated rings. The van der Waals surface area contributed by atoms with Gasteiger partial charge in [0, 0.05) is 12.1 Å². The van der Waals surface area contributed by atoms with Gasteiger partial charge in [0.15, 0.2) is 0 Å². The van der Waals surface area contributed by atoms with Gasteiger partial charge in [0.25, 0.3) is 0 Å². The van der Waals surface area contributed by atoms with Crippen LogP contribution in [0.25, 0.3) is 0 Å². The van der Waals surface area contributed by atoms with Crippen molar-refractivity contribution in [2.45, 2.75) is 71.9 Å². The summed E-state index contributed by atoms with van der Waals surface area (Å²) in [7, 11) is 0. The highest BCUT2D eigenvalue weighted by Gasteiger charge is 2.24. The first-order valence-electron chi connectivity index (χ1n) is 6.39. The molecule has 0 saturated heterocycles. The molecule has 1 rings (SSSR count). The number of hydrogen-bond donors (Lipinski definition) is 1. The van der Waals surface area contributed by atoms with Crippen LogP contribution in [0.1, 0.15) is 59.8 Å². The van der Waals surface area contributed by atoms with Crippen LogP contribution < -0.4 is 5.32 Å². The molecule has 0 radical (unpaired) electrons. The zero-order valence-electron chi connectivity index (χ0n) is 10.3. The van der Waals surface area contributed by atoms with Crippen molar-refractivity contribution in [2.24, 2.45) is 11.8 Å². The summed E-state index contributed by atoms with van der Waals surface area (Å²) in [5, 5.41) is 3.65. The topological polar surface area (TPSA) is 12.0 Å². The zero-order valence-corrected chi connectivity index (χ0v) is 10.3. The Labute approximate surface area is 89.7 Å². The maximum atomic E-state index is 3.65. The van der Waals surface area contributed by atoms with E-state index in [-0.39, 0.29) is 0 Å². The second-order valence-electron chi connectivity index (χ2n) is 5.30. The molecule has 84 valence electrons. The first-order valence-corrected chi connectivity index (χ1v) is 6.39. The van der Waals surface area contributed by atoms with E-state index in [9.17, 15) is 0 Å². The van der Waals surface area contributed by atoms with Crippen molar-refractivity contribution in [3.8, 4) is 0 Å². The summed E-state index contributed by atoms with van der Waals surface area (Å²) in [5.74, 6) is 1.96. The molecule has 0 unspecified atom stereocenters. The van der Waals surface area contributed by atoms with Gasteiger partial charge in [0.1, 0.15) is 0 Å². The molecule has 0 spiro atoms. The van der Waals surface area contributed by atoms with Crippen molar-refractivity contribution in [2.75, 3.05) is 0 Å². The normalized spacial score (nSPS) is 30.6. The summed E-state index contributed by atoms with van der Waals surface area (Å²) in [6.07, 6.45) is 7.20. The van der Waals surface area contributed by atoms with Crippen LogP contribution in [-0.4, -0.2) is 12.1 Å². The van der Waals surface area contributed by atoms with Gasteiger partial charge in [-0.1, -0.05) is 40.0 Å². The molecule has 1 atom stereocenters. The van der Waals surface area contributed by atoms with Crippen LogP contribution in [-0.2, 0) is 0 Å². The van der Waals surface area contributed by atoms with Crippen LogP contribution in [0.4, 0.5) is 0 Å². The molecule has 0 aliphatic heterocycles. The van der Waals surface area contributed by atoms with Crippen molar-refractivity contribution in [1.82, 2.24) is 5.32 Å². The van der Waals surface area contributed by atoms with Crippen molar-refractivity contribution < 1.29 is 0 Å². The third-order valence-electron chi connectivity index (χ3n) is 3.77. The van der Waals surface area contributed by atoms with Crippen molar-refractivity contribution in [1.29, 1.82) is 0 Å². The Morgan fingerprint density at radius 2 is 1.64 bits per heavy atom.